The van der Waals surface area contributed by atoms with Crippen molar-refractivity contribution in [3.63, 3.8) is 0 Å². The maximum Gasteiger partial charge on any atom is 0.0952 e. The zero-order chi connectivity index (χ0) is 14.5. The third-order valence-electron chi connectivity index (χ3n) is 5.58. The van der Waals surface area contributed by atoms with Crippen LogP contribution in [0.3, 0.4) is 0 Å². The van der Waals surface area contributed by atoms with E-state index < -0.39 is 0 Å². The minimum absolute atomic E-state index is 0.0527. The Kier molecular flexibility index (Phi) is 3.51. The molecule has 112 valence electrons. The number of hydrogen-bond acceptors (Lipinski definition) is 3. The molecule has 2 aliphatic rings. The van der Waals surface area contributed by atoms with Crippen LogP contribution in [0.25, 0.3) is 0 Å². The van der Waals surface area contributed by atoms with Crippen molar-refractivity contribution in [1.82, 2.24) is 0 Å². The summed E-state index contributed by atoms with van der Waals surface area (Å²) < 4.78 is 0. The third-order valence-corrected chi connectivity index (χ3v) is 7.15. The Balaban J connectivity index is 1.88. The molecule has 2 fully saturated rings. The number of thiophene rings is 1. The molecule has 1 aromatic heterocycles. The molecule has 3 rings (SSSR count). The molecule has 0 amide bonds. The molecule has 1 aromatic rings. The fourth-order valence-electron chi connectivity index (χ4n) is 4.37. The average Bonchev–Trinajstić information content (AvgIpc) is 3.11. The topological polar surface area (TPSA) is 46.2 Å². The quantitative estimate of drug-likeness (QED) is 0.889. The number of hydrogen-bond donors (Lipinski definition) is 2. The predicted octanol–water partition coefficient (Wildman–Crippen LogP) is 3.84. The Bertz CT molecular complexity index is 489. The lowest BCUT2D eigenvalue weighted by Gasteiger charge is -2.40. The van der Waals surface area contributed by atoms with Crippen molar-refractivity contribution in [2.45, 2.75) is 58.0 Å². The van der Waals surface area contributed by atoms with Crippen molar-refractivity contribution in [3.8, 4) is 0 Å². The second-order valence-corrected chi connectivity index (χ2v) is 8.99. The van der Waals surface area contributed by atoms with E-state index in [4.69, 9.17) is 5.73 Å². The van der Waals surface area contributed by atoms with Gasteiger partial charge in [0.2, 0.25) is 0 Å². The average molecular weight is 293 g/mol. The van der Waals surface area contributed by atoms with Crippen molar-refractivity contribution in [2.24, 2.45) is 23.0 Å². The Morgan fingerprint density at radius 1 is 1.40 bits per heavy atom. The molecule has 2 saturated carbocycles. The highest BCUT2D eigenvalue weighted by molar-refractivity contribution is 7.12. The monoisotopic (exact) mass is 293 g/mol. The molecule has 1 heterocycles. The van der Waals surface area contributed by atoms with Crippen molar-refractivity contribution in [2.75, 3.05) is 6.54 Å². The van der Waals surface area contributed by atoms with Gasteiger partial charge in [0, 0.05) is 21.7 Å². The Labute approximate surface area is 126 Å². The second kappa shape index (κ2) is 4.82. The molecule has 2 bridgehead atoms. The summed E-state index contributed by atoms with van der Waals surface area (Å²) in [6.07, 6.45) is 4.64. The fraction of sp³-hybridized carbons (Fsp3) is 0.765. The predicted molar refractivity (Wildman–Crippen MR) is 84.9 cm³/mol. The highest BCUT2D eigenvalue weighted by Gasteiger charge is 2.54. The van der Waals surface area contributed by atoms with E-state index >= 15 is 0 Å². The lowest BCUT2D eigenvalue weighted by atomic mass is 9.69. The number of fused-ring (bicyclic) bond motifs is 2. The number of aliphatic hydroxyl groups is 1. The Morgan fingerprint density at radius 2 is 2.15 bits per heavy atom. The maximum absolute atomic E-state index is 11.0. The minimum atomic E-state index is -0.371. The van der Waals surface area contributed by atoms with Crippen LogP contribution in [-0.4, -0.2) is 11.7 Å². The highest BCUT2D eigenvalue weighted by Crippen LogP contribution is 2.61. The van der Waals surface area contributed by atoms with E-state index in [1.54, 1.807) is 11.3 Å². The fourth-order valence-corrected chi connectivity index (χ4v) is 5.55. The first kappa shape index (κ1) is 14.6. The van der Waals surface area contributed by atoms with E-state index in [2.05, 4.69) is 32.9 Å². The van der Waals surface area contributed by atoms with Gasteiger partial charge in [-0.1, -0.05) is 27.2 Å². The van der Waals surface area contributed by atoms with E-state index in [1.807, 2.05) is 0 Å². The maximum atomic E-state index is 11.0. The van der Waals surface area contributed by atoms with Gasteiger partial charge in [0.05, 0.1) is 6.10 Å². The van der Waals surface area contributed by atoms with E-state index in [9.17, 15) is 5.11 Å². The van der Waals surface area contributed by atoms with Crippen LogP contribution in [-0.2, 0) is 5.41 Å². The highest BCUT2D eigenvalue weighted by atomic mass is 32.1. The number of rotatable bonds is 3. The van der Waals surface area contributed by atoms with Gasteiger partial charge in [-0.2, -0.15) is 0 Å². The van der Waals surface area contributed by atoms with Gasteiger partial charge in [0.15, 0.2) is 0 Å². The zero-order valence-corrected chi connectivity index (χ0v) is 13.7. The zero-order valence-electron chi connectivity index (χ0n) is 12.9. The molecule has 0 aromatic carbocycles. The molecular weight excluding hydrogens is 266 g/mol. The SMILES string of the molecule is CC(C)(C)c1ccc(C(O)C2(CN)CC3CCC2C3)s1. The van der Waals surface area contributed by atoms with E-state index in [-0.39, 0.29) is 16.9 Å². The molecule has 2 aliphatic carbocycles. The standard InChI is InChI=1S/C17H27NOS/c1-16(2,3)14-7-6-13(20-14)15(19)17(10-18)9-11-4-5-12(17)8-11/h6-7,11-12,15,19H,4-5,8-10,18H2,1-3H3. The largest absolute Gasteiger partial charge is 0.387 e. The summed E-state index contributed by atoms with van der Waals surface area (Å²) >= 11 is 1.77. The van der Waals surface area contributed by atoms with Gasteiger partial charge in [-0.15, -0.1) is 11.3 Å². The van der Waals surface area contributed by atoms with Crippen LogP contribution >= 0.6 is 11.3 Å². The summed E-state index contributed by atoms with van der Waals surface area (Å²) in [5.41, 5.74) is 6.24. The van der Waals surface area contributed by atoms with Crippen LogP contribution in [0.15, 0.2) is 12.1 Å². The molecule has 0 aliphatic heterocycles. The lowest BCUT2D eigenvalue weighted by molar-refractivity contribution is -0.0107. The van der Waals surface area contributed by atoms with Gasteiger partial charge < -0.3 is 10.8 Å². The van der Waals surface area contributed by atoms with Gasteiger partial charge in [0.1, 0.15) is 0 Å². The summed E-state index contributed by atoms with van der Waals surface area (Å²) in [6.45, 7) is 7.31. The van der Waals surface area contributed by atoms with Crippen molar-refractivity contribution in [3.05, 3.63) is 21.9 Å². The molecule has 0 spiro atoms. The third kappa shape index (κ3) is 2.15. The molecule has 2 nitrogen and oxygen atoms in total. The summed E-state index contributed by atoms with van der Waals surface area (Å²) in [5.74, 6) is 1.44. The molecule has 4 atom stereocenters. The molecule has 4 unspecified atom stereocenters. The van der Waals surface area contributed by atoms with Gasteiger partial charge in [-0.3, -0.25) is 0 Å². The van der Waals surface area contributed by atoms with Gasteiger partial charge in [0.25, 0.3) is 0 Å². The smallest absolute Gasteiger partial charge is 0.0952 e. The molecule has 3 N–H and O–H groups in total. The van der Waals surface area contributed by atoms with E-state index in [0.717, 1.165) is 17.2 Å². The van der Waals surface area contributed by atoms with Gasteiger partial charge in [-0.05, 0) is 48.6 Å². The molecule has 0 radical (unpaired) electrons. The van der Waals surface area contributed by atoms with E-state index in [0.29, 0.717) is 12.5 Å². The van der Waals surface area contributed by atoms with Crippen molar-refractivity contribution in [1.29, 1.82) is 0 Å². The lowest BCUT2D eigenvalue weighted by Crippen LogP contribution is -2.41. The van der Waals surface area contributed by atoms with Crippen LogP contribution in [0.1, 0.15) is 62.3 Å². The molecular formula is C17H27NOS. The van der Waals surface area contributed by atoms with Gasteiger partial charge >= 0.3 is 0 Å². The number of nitrogens with two attached hydrogens (primary N) is 1. The van der Waals surface area contributed by atoms with Crippen molar-refractivity contribution >= 4 is 11.3 Å². The first-order chi connectivity index (χ1) is 9.37. The molecule has 0 saturated heterocycles. The van der Waals surface area contributed by atoms with Crippen LogP contribution in [0.5, 0.6) is 0 Å². The van der Waals surface area contributed by atoms with Crippen LogP contribution in [0.2, 0.25) is 0 Å². The van der Waals surface area contributed by atoms with Crippen LogP contribution in [0.4, 0.5) is 0 Å². The summed E-state index contributed by atoms with van der Waals surface area (Å²) in [7, 11) is 0. The van der Waals surface area contributed by atoms with E-state index in [1.165, 1.54) is 24.1 Å². The summed E-state index contributed by atoms with van der Waals surface area (Å²) in [5, 5.41) is 11.0. The summed E-state index contributed by atoms with van der Waals surface area (Å²) in [6, 6.07) is 4.31. The first-order valence-electron chi connectivity index (χ1n) is 7.85. The summed E-state index contributed by atoms with van der Waals surface area (Å²) in [4.78, 5) is 2.47. The number of aliphatic hydroxyl groups excluding tert-OH is 1. The Hall–Kier alpha value is -0.380. The molecule has 3 heteroatoms. The normalized spacial score (nSPS) is 34.6. The first-order valence-corrected chi connectivity index (χ1v) is 8.67. The second-order valence-electron chi connectivity index (χ2n) is 7.87. The van der Waals surface area contributed by atoms with Crippen molar-refractivity contribution < 1.29 is 5.11 Å². The Morgan fingerprint density at radius 3 is 2.60 bits per heavy atom. The molecule has 20 heavy (non-hydrogen) atoms. The minimum Gasteiger partial charge on any atom is -0.387 e. The van der Waals surface area contributed by atoms with Crippen LogP contribution < -0.4 is 5.73 Å². The van der Waals surface area contributed by atoms with Crippen LogP contribution in [0, 0.1) is 17.3 Å². The van der Waals surface area contributed by atoms with Gasteiger partial charge in [-0.25, -0.2) is 0 Å².